The van der Waals surface area contributed by atoms with E-state index in [9.17, 15) is 17.6 Å². The lowest BCUT2D eigenvalue weighted by molar-refractivity contribution is 0.0946. The SMILES string of the molecule is CCCC[C@@H](CC)CNC(=O)c1ccc(CN(c2ccccc2F)S(=O)(=O)N(C)C)cc1. The number of nitrogens with zero attached hydrogens (tertiary/aromatic N) is 2. The third-order valence-electron chi connectivity index (χ3n) is 5.50. The normalized spacial score (nSPS) is 12.6. The second kappa shape index (κ2) is 12.0. The number of amides is 1. The molecular weight excluding hydrogens is 429 g/mol. The van der Waals surface area contributed by atoms with Crippen LogP contribution in [0.4, 0.5) is 10.1 Å². The number of hydrogen-bond acceptors (Lipinski definition) is 3. The first-order valence-corrected chi connectivity index (χ1v) is 12.4. The number of anilines is 1. The molecule has 1 atom stereocenters. The van der Waals surface area contributed by atoms with Gasteiger partial charge < -0.3 is 5.32 Å². The number of nitrogens with one attached hydrogen (secondary N) is 1. The Labute approximate surface area is 191 Å². The van der Waals surface area contributed by atoms with Crippen LogP contribution in [0.5, 0.6) is 0 Å². The molecule has 0 bridgehead atoms. The fourth-order valence-electron chi connectivity index (χ4n) is 3.35. The van der Waals surface area contributed by atoms with E-state index >= 15 is 0 Å². The smallest absolute Gasteiger partial charge is 0.303 e. The first kappa shape index (κ1) is 25.8. The van der Waals surface area contributed by atoms with Crippen LogP contribution in [-0.2, 0) is 16.8 Å². The number of hydrogen-bond donors (Lipinski definition) is 1. The minimum absolute atomic E-state index is 0.0271. The Hall–Kier alpha value is -2.45. The molecule has 0 saturated heterocycles. The van der Waals surface area contributed by atoms with Gasteiger partial charge in [-0.1, -0.05) is 57.4 Å². The van der Waals surface area contributed by atoms with Crippen molar-refractivity contribution in [3.63, 3.8) is 0 Å². The number of unbranched alkanes of at least 4 members (excludes halogenated alkanes) is 1. The molecule has 0 aliphatic carbocycles. The van der Waals surface area contributed by atoms with Gasteiger partial charge in [-0.05, 0) is 42.2 Å². The van der Waals surface area contributed by atoms with Gasteiger partial charge in [-0.3, -0.25) is 9.10 Å². The summed E-state index contributed by atoms with van der Waals surface area (Å²) in [7, 11) is -1.11. The van der Waals surface area contributed by atoms with E-state index in [1.54, 1.807) is 30.3 Å². The summed E-state index contributed by atoms with van der Waals surface area (Å²) in [5.74, 6) is -0.315. The van der Waals surface area contributed by atoms with Gasteiger partial charge in [0, 0.05) is 26.2 Å². The van der Waals surface area contributed by atoms with Crippen molar-refractivity contribution >= 4 is 21.8 Å². The Bertz CT molecular complexity index is 978. The maximum Gasteiger partial charge on any atom is 0.303 e. The van der Waals surface area contributed by atoms with Crippen LogP contribution >= 0.6 is 0 Å². The van der Waals surface area contributed by atoms with Crippen molar-refractivity contribution in [2.75, 3.05) is 24.9 Å². The molecule has 1 amide bonds. The number of carbonyl (C=O) groups is 1. The summed E-state index contributed by atoms with van der Waals surface area (Å²) in [6.07, 6.45) is 4.40. The van der Waals surface area contributed by atoms with Gasteiger partial charge in [0.05, 0.1) is 12.2 Å². The van der Waals surface area contributed by atoms with Crippen LogP contribution in [-0.4, -0.2) is 39.3 Å². The molecule has 0 aliphatic rings. The lowest BCUT2D eigenvalue weighted by atomic mass is 9.99. The zero-order chi connectivity index (χ0) is 23.7. The molecule has 8 heteroatoms. The maximum absolute atomic E-state index is 14.4. The summed E-state index contributed by atoms with van der Waals surface area (Å²) in [5.41, 5.74) is 1.12. The number of rotatable bonds is 12. The third kappa shape index (κ3) is 6.77. The molecule has 2 aromatic carbocycles. The minimum Gasteiger partial charge on any atom is -0.352 e. The quantitative estimate of drug-likeness (QED) is 0.501. The molecule has 0 heterocycles. The zero-order valence-corrected chi connectivity index (χ0v) is 20.2. The minimum atomic E-state index is -3.92. The van der Waals surface area contributed by atoms with Crippen LogP contribution in [0, 0.1) is 11.7 Å². The van der Waals surface area contributed by atoms with Crippen LogP contribution in [0.3, 0.4) is 0 Å². The largest absolute Gasteiger partial charge is 0.352 e. The predicted octanol–water partition coefficient (Wildman–Crippen LogP) is 4.58. The van der Waals surface area contributed by atoms with E-state index in [0.717, 1.165) is 34.3 Å². The summed E-state index contributed by atoms with van der Waals surface area (Å²) in [5, 5.41) is 2.99. The van der Waals surface area contributed by atoms with E-state index in [-0.39, 0.29) is 18.1 Å². The second-order valence-electron chi connectivity index (χ2n) is 8.07. The fourth-order valence-corrected chi connectivity index (χ4v) is 4.45. The fraction of sp³-hybridized carbons (Fsp3) is 0.458. The van der Waals surface area contributed by atoms with Gasteiger partial charge in [0.25, 0.3) is 5.91 Å². The van der Waals surface area contributed by atoms with Crippen LogP contribution < -0.4 is 9.62 Å². The van der Waals surface area contributed by atoms with Crippen LogP contribution in [0.15, 0.2) is 48.5 Å². The molecule has 2 aromatic rings. The van der Waals surface area contributed by atoms with Crippen molar-refractivity contribution in [2.45, 2.75) is 46.1 Å². The summed E-state index contributed by atoms with van der Waals surface area (Å²) < 4.78 is 42.1. The van der Waals surface area contributed by atoms with Crippen LogP contribution in [0.1, 0.15) is 55.5 Å². The number of carbonyl (C=O) groups excluding carboxylic acids is 1. The number of halogens is 1. The monoisotopic (exact) mass is 463 g/mol. The van der Waals surface area contributed by atoms with E-state index in [1.165, 1.54) is 32.3 Å². The molecule has 0 aromatic heterocycles. The van der Waals surface area contributed by atoms with Crippen molar-refractivity contribution < 1.29 is 17.6 Å². The van der Waals surface area contributed by atoms with Gasteiger partial charge in [-0.2, -0.15) is 12.7 Å². The third-order valence-corrected chi connectivity index (χ3v) is 7.30. The highest BCUT2D eigenvalue weighted by Crippen LogP contribution is 2.25. The Morgan fingerprint density at radius 3 is 2.28 bits per heavy atom. The molecule has 0 aliphatic heterocycles. The van der Waals surface area contributed by atoms with Crippen molar-refractivity contribution in [3.8, 4) is 0 Å². The van der Waals surface area contributed by atoms with Crippen LogP contribution in [0.25, 0.3) is 0 Å². The van der Waals surface area contributed by atoms with Crippen LogP contribution in [0.2, 0.25) is 0 Å². The van der Waals surface area contributed by atoms with E-state index in [0.29, 0.717) is 23.6 Å². The maximum atomic E-state index is 14.4. The lowest BCUT2D eigenvalue weighted by Crippen LogP contribution is -2.40. The van der Waals surface area contributed by atoms with Gasteiger partial charge in [0.2, 0.25) is 0 Å². The van der Waals surface area contributed by atoms with E-state index in [2.05, 4.69) is 19.2 Å². The van der Waals surface area contributed by atoms with Gasteiger partial charge in [-0.25, -0.2) is 4.39 Å². The molecule has 32 heavy (non-hydrogen) atoms. The van der Waals surface area contributed by atoms with Crippen molar-refractivity contribution in [3.05, 3.63) is 65.5 Å². The number of para-hydroxylation sites is 1. The molecular formula is C24H34FN3O3S. The predicted molar refractivity (Wildman–Crippen MR) is 127 cm³/mol. The first-order chi connectivity index (χ1) is 15.2. The highest BCUT2D eigenvalue weighted by molar-refractivity contribution is 7.90. The second-order valence-corrected chi connectivity index (χ2v) is 10.1. The molecule has 6 nitrogen and oxygen atoms in total. The molecule has 0 spiro atoms. The van der Waals surface area contributed by atoms with Gasteiger partial charge in [0.15, 0.2) is 0 Å². The Morgan fingerprint density at radius 2 is 1.72 bits per heavy atom. The van der Waals surface area contributed by atoms with E-state index in [4.69, 9.17) is 0 Å². The topological polar surface area (TPSA) is 69.7 Å². The van der Waals surface area contributed by atoms with E-state index < -0.39 is 16.0 Å². The molecule has 0 unspecified atom stereocenters. The van der Waals surface area contributed by atoms with Gasteiger partial charge in [-0.15, -0.1) is 0 Å². The van der Waals surface area contributed by atoms with Crippen molar-refractivity contribution in [1.29, 1.82) is 0 Å². The Balaban J connectivity index is 2.15. The summed E-state index contributed by atoms with van der Waals surface area (Å²) in [4.78, 5) is 12.5. The van der Waals surface area contributed by atoms with Gasteiger partial charge in [0.1, 0.15) is 5.82 Å². The Morgan fingerprint density at radius 1 is 1.06 bits per heavy atom. The molecule has 0 fully saturated rings. The highest BCUT2D eigenvalue weighted by Gasteiger charge is 2.27. The van der Waals surface area contributed by atoms with Crippen molar-refractivity contribution in [2.24, 2.45) is 5.92 Å². The summed E-state index contributed by atoms with van der Waals surface area (Å²) >= 11 is 0. The summed E-state index contributed by atoms with van der Waals surface area (Å²) in [6, 6.07) is 12.5. The molecule has 2 rings (SSSR count). The summed E-state index contributed by atoms with van der Waals surface area (Å²) in [6.45, 7) is 4.87. The van der Waals surface area contributed by atoms with E-state index in [1.807, 2.05) is 0 Å². The lowest BCUT2D eigenvalue weighted by Gasteiger charge is -2.27. The average molecular weight is 464 g/mol. The molecule has 176 valence electrons. The first-order valence-electron chi connectivity index (χ1n) is 11.0. The standard InChI is InChI=1S/C24H34FN3O3S/c1-5-7-10-19(6-2)17-26-24(29)21-15-13-20(14-16-21)18-28(32(30,31)27(3)4)23-12-9-8-11-22(23)25/h8-9,11-16,19H,5-7,10,17-18H2,1-4H3,(H,26,29)/t19-/m1/s1. The molecule has 1 N–H and O–H groups in total. The van der Waals surface area contributed by atoms with Crippen molar-refractivity contribution in [1.82, 2.24) is 9.62 Å². The molecule has 0 saturated carbocycles. The molecule has 0 radical (unpaired) electrons. The van der Waals surface area contributed by atoms with Gasteiger partial charge >= 0.3 is 10.2 Å². The average Bonchev–Trinajstić information content (AvgIpc) is 2.78. The highest BCUT2D eigenvalue weighted by atomic mass is 32.2. The number of benzene rings is 2. The Kier molecular flexibility index (Phi) is 9.65. The zero-order valence-electron chi connectivity index (χ0n) is 19.3.